The third kappa shape index (κ3) is 6.67. The average molecular weight is 507 g/mol. The summed E-state index contributed by atoms with van der Waals surface area (Å²) in [5, 5.41) is 3.63. The Morgan fingerprint density at radius 3 is 2.61 bits per heavy atom. The summed E-state index contributed by atoms with van der Waals surface area (Å²) in [7, 11) is 0. The molecule has 0 saturated heterocycles. The zero-order valence-electron chi connectivity index (χ0n) is 18.3. The maximum absolute atomic E-state index is 12.8. The first kappa shape index (κ1) is 24.0. The molecule has 0 atom stereocenters. The Balaban J connectivity index is 1.68. The van der Waals surface area contributed by atoms with Gasteiger partial charge in [-0.1, -0.05) is 41.5 Å². The molecule has 0 radical (unpaired) electrons. The minimum Gasteiger partial charge on any atom is -0.325 e. The van der Waals surface area contributed by atoms with Crippen molar-refractivity contribution in [3.63, 3.8) is 0 Å². The Morgan fingerprint density at radius 1 is 1.19 bits per heavy atom. The number of hydrogen-bond acceptors (Lipinski definition) is 5. The highest BCUT2D eigenvalue weighted by Crippen LogP contribution is 2.28. The normalized spacial score (nSPS) is 13.3. The van der Waals surface area contributed by atoms with Gasteiger partial charge in [0.25, 0.3) is 0 Å². The van der Waals surface area contributed by atoms with Crippen molar-refractivity contribution in [2.75, 3.05) is 30.7 Å². The van der Waals surface area contributed by atoms with E-state index >= 15 is 0 Å². The van der Waals surface area contributed by atoms with Crippen LogP contribution in [0, 0.1) is 0 Å². The minimum absolute atomic E-state index is 0.0953. The fourth-order valence-electron chi connectivity index (χ4n) is 3.95. The van der Waals surface area contributed by atoms with E-state index in [4.69, 9.17) is 0 Å². The highest BCUT2D eigenvalue weighted by molar-refractivity contribution is 9.10. The quantitative estimate of drug-likeness (QED) is 0.383. The zero-order valence-corrected chi connectivity index (χ0v) is 20.7. The van der Waals surface area contributed by atoms with Crippen LogP contribution >= 0.6 is 27.7 Å². The standard InChI is InChI=1S/C23H31BrN4O2S/c1-3-27(4-2)14-7-15-28-20-9-6-5-8-19(20)22(26-23(28)30)31-16-21(29)25-18-12-10-17(24)11-13-18/h10-13H,3-9,14-16H2,1-2H3,(H,25,29). The number of benzene rings is 1. The van der Waals surface area contributed by atoms with Gasteiger partial charge in [0.2, 0.25) is 5.91 Å². The second kappa shape index (κ2) is 11.8. The van der Waals surface area contributed by atoms with E-state index in [1.807, 2.05) is 28.8 Å². The molecule has 3 rings (SSSR count). The van der Waals surface area contributed by atoms with E-state index in [0.29, 0.717) is 6.54 Å². The summed E-state index contributed by atoms with van der Waals surface area (Å²) < 4.78 is 2.84. The van der Waals surface area contributed by atoms with Gasteiger partial charge in [-0.25, -0.2) is 4.79 Å². The lowest BCUT2D eigenvalue weighted by Crippen LogP contribution is -2.32. The number of amides is 1. The Kier molecular flexibility index (Phi) is 9.16. The monoisotopic (exact) mass is 506 g/mol. The van der Waals surface area contributed by atoms with Crippen LogP contribution in [-0.4, -0.2) is 45.7 Å². The predicted molar refractivity (Wildman–Crippen MR) is 131 cm³/mol. The smallest absolute Gasteiger partial charge is 0.325 e. The molecular weight excluding hydrogens is 476 g/mol. The number of halogens is 1. The molecule has 168 valence electrons. The van der Waals surface area contributed by atoms with Crippen molar-refractivity contribution < 1.29 is 4.79 Å². The molecule has 0 saturated carbocycles. The fourth-order valence-corrected chi connectivity index (χ4v) is 5.10. The van der Waals surface area contributed by atoms with E-state index in [-0.39, 0.29) is 17.3 Å². The molecule has 1 aliphatic carbocycles. The summed E-state index contributed by atoms with van der Waals surface area (Å²) in [5.41, 5.74) is 2.86. The van der Waals surface area contributed by atoms with Gasteiger partial charge in [-0.15, -0.1) is 0 Å². The molecule has 1 aliphatic rings. The van der Waals surface area contributed by atoms with E-state index in [0.717, 1.165) is 78.2 Å². The van der Waals surface area contributed by atoms with Gasteiger partial charge in [-0.2, -0.15) is 4.98 Å². The molecule has 1 aromatic carbocycles. The van der Waals surface area contributed by atoms with Crippen molar-refractivity contribution in [3.8, 4) is 0 Å². The summed E-state index contributed by atoms with van der Waals surface area (Å²) in [6.45, 7) is 8.08. The summed E-state index contributed by atoms with van der Waals surface area (Å²) in [6, 6.07) is 7.49. The number of fused-ring (bicyclic) bond motifs is 1. The van der Waals surface area contributed by atoms with Gasteiger partial charge in [0, 0.05) is 28.0 Å². The number of hydrogen-bond donors (Lipinski definition) is 1. The number of carbonyl (C=O) groups is 1. The van der Waals surface area contributed by atoms with Gasteiger partial charge in [0.1, 0.15) is 5.03 Å². The van der Waals surface area contributed by atoms with Crippen molar-refractivity contribution in [1.29, 1.82) is 0 Å². The first-order chi connectivity index (χ1) is 15.0. The number of carbonyl (C=O) groups excluding carboxylic acids is 1. The predicted octanol–water partition coefficient (Wildman–Crippen LogP) is 4.35. The molecule has 1 amide bonds. The maximum atomic E-state index is 12.8. The molecule has 1 aromatic heterocycles. The van der Waals surface area contributed by atoms with Crippen LogP contribution in [-0.2, 0) is 24.2 Å². The van der Waals surface area contributed by atoms with Gasteiger partial charge < -0.3 is 10.2 Å². The molecule has 1 N–H and O–H groups in total. The number of nitrogens with one attached hydrogen (secondary N) is 1. The van der Waals surface area contributed by atoms with Crippen LogP contribution in [0.1, 0.15) is 44.4 Å². The molecule has 6 nitrogen and oxygen atoms in total. The van der Waals surface area contributed by atoms with E-state index in [2.05, 4.69) is 45.0 Å². The number of aromatic nitrogens is 2. The molecule has 0 bridgehead atoms. The van der Waals surface area contributed by atoms with Crippen molar-refractivity contribution in [3.05, 3.63) is 50.5 Å². The topological polar surface area (TPSA) is 67.2 Å². The minimum atomic E-state index is -0.184. The third-order valence-corrected chi connectivity index (χ3v) is 7.22. The Hall–Kier alpha value is -1.64. The number of rotatable bonds is 10. The Morgan fingerprint density at radius 2 is 1.90 bits per heavy atom. The van der Waals surface area contributed by atoms with E-state index in [1.165, 1.54) is 11.8 Å². The largest absolute Gasteiger partial charge is 0.348 e. The Bertz CT molecular complexity index is 942. The lowest BCUT2D eigenvalue weighted by atomic mass is 9.97. The van der Waals surface area contributed by atoms with Crippen LogP contribution in [0.3, 0.4) is 0 Å². The second-order valence-corrected chi connectivity index (χ2v) is 9.59. The number of thioether (sulfide) groups is 1. The van der Waals surface area contributed by atoms with Crippen LogP contribution < -0.4 is 11.0 Å². The molecule has 0 fully saturated rings. The van der Waals surface area contributed by atoms with Gasteiger partial charge in [0.05, 0.1) is 5.75 Å². The first-order valence-corrected chi connectivity index (χ1v) is 12.8. The lowest BCUT2D eigenvalue weighted by Gasteiger charge is -2.23. The van der Waals surface area contributed by atoms with E-state index < -0.39 is 0 Å². The van der Waals surface area contributed by atoms with Gasteiger partial charge in [-0.05, 0) is 76.0 Å². The number of nitrogens with zero attached hydrogens (tertiary/aromatic N) is 3. The molecule has 1 heterocycles. The van der Waals surface area contributed by atoms with Crippen LogP contribution in [0.5, 0.6) is 0 Å². The summed E-state index contributed by atoms with van der Waals surface area (Å²) in [5.74, 6) is 0.142. The molecular formula is C23H31BrN4O2S. The maximum Gasteiger partial charge on any atom is 0.348 e. The second-order valence-electron chi connectivity index (χ2n) is 7.71. The summed E-state index contributed by atoms with van der Waals surface area (Å²) >= 11 is 4.76. The molecule has 0 aliphatic heterocycles. The fraction of sp³-hybridized carbons (Fsp3) is 0.522. The molecule has 0 unspecified atom stereocenters. The van der Waals surface area contributed by atoms with Crippen LogP contribution in [0.4, 0.5) is 5.69 Å². The highest BCUT2D eigenvalue weighted by atomic mass is 79.9. The molecule has 8 heteroatoms. The lowest BCUT2D eigenvalue weighted by molar-refractivity contribution is -0.113. The van der Waals surface area contributed by atoms with Gasteiger partial charge >= 0.3 is 5.69 Å². The van der Waals surface area contributed by atoms with E-state index in [9.17, 15) is 9.59 Å². The third-order valence-electron chi connectivity index (χ3n) is 5.67. The van der Waals surface area contributed by atoms with Crippen LogP contribution in [0.25, 0.3) is 0 Å². The van der Waals surface area contributed by atoms with Crippen molar-refractivity contribution >= 4 is 39.3 Å². The Labute approximate surface area is 196 Å². The molecule has 0 spiro atoms. The summed E-state index contributed by atoms with van der Waals surface area (Å²) in [6.07, 6.45) is 4.98. The molecule has 2 aromatic rings. The first-order valence-electron chi connectivity index (χ1n) is 11.0. The van der Waals surface area contributed by atoms with Crippen molar-refractivity contribution in [1.82, 2.24) is 14.5 Å². The van der Waals surface area contributed by atoms with Crippen molar-refractivity contribution in [2.24, 2.45) is 0 Å². The van der Waals surface area contributed by atoms with Crippen LogP contribution in [0.2, 0.25) is 0 Å². The van der Waals surface area contributed by atoms with Gasteiger partial charge in [0.15, 0.2) is 0 Å². The average Bonchev–Trinajstić information content (AvgIpc) is 2.78. The van der Waals surface area contributed by atoms with Crippen LogP contribution in [0.15, 0.2) is 38.6 Å². The van der Waals surface area contributed by atoms with E-state index in [1.54, 1.807) is 0 Å². The van der Waals surface area contributed by atoms with Crippen molar-refractivity contribution in [2.45, 2.75) is 57.5 Å². The zero-order chi connectivity index (χ0) is 22.2. The highest BCUT2D eigenvalue weighted by Gasteiger charge is 2.21. The van der Waals surface area contributed by atoms with Gasteiger partial charge in [-0.3, -0.25) is 9.36 Å². The molecule has 31 heavy (non-hydrogen) atoms. The number of anilines is 1. The summed E-state index contributed by atoms with van der Waals surface area (Å²) in [4.78, 5) is 32.0. The SMILES string of the molecule is CCN(CC)CCCn1c2c(c(SCC(=O)Nc3ccc(Br)cc3)nc1=O)CCCC2.